The molecule has 1 aromatic carbocycles. The van der Waals surface area contributed by atoms with Crippen LogP contribution in [0.15, 0.2) is 35.2 Å². The molecule has 2 aliphatic rings. The quantitative estimate of drug-likeness (QED) is 0.723. The highest BCUT2D eigenvalue weighted by atomic mass is 32.2. The first-order valence-electron chi connectivity index (χ1n) is 7.85. The summed E-state index contributed by atoms with van der Waals surface area (Å²) in [7, 11) is -3.63. The lowest BCUT2D eigenvalue weighted by atomic mass is 9.80. The fourth-order valence-electron chi connectivity index (χ4n) is 4.17. The maximum atomic E-state index is 12.5. The summed E-state index contributed by atoms with van der Waals surface area (Å²) in [5.74, 6) is -0.958. The van der Waals surface area contributed by atoms with Crippen LogP contribution in [0.3, 0.4) is 0 Å². The number of aliphatic hydroxyl groups excluding tert-OH is 1. The Kier molecular flexibility index (Phi) is 4.44. The van der Waals surface area contributed by atoms with Crippen LogP contribution in [0, 0.1) is 17.8 Å². The van der Waals surface area contributed by atoms with Gasteiger partial charge in [-0.15, -0.1) is 0 Å². The van der Waals surface area contributed by atoms with Gasteiger partial charge in [-0.1, -0.05) is 18.2 Å². The molecule has 3 N–H and O–H groups in total. The van der Waals surface area contributed by atoms with Crippen LogP contribution in [0.4, 0.5) is 0 Å². The molecular weight excluding hydrogens is 318 g/mol. The Morgan fingerprint density at radius 1 is 1.22 bits per heavy atom. The number of carboxylic acid groups (broad SMARTS) is 1. The Hall–Kier alpha value is -1.44. The van der Waals surface area contributed by atoms with E-state index in [1.165, 1.54) is 12.1 Å². The van der Waals surface area contributed by atoms with Crippen LogP contribution in [0.2, 0.25) is 0 Å². The molecule has 0 unspecified atom stereocenters. The number of rotatable bonds is 6. The number of fused-ring (bicyclic) bond motifs is 2. The van der Waals surface area contributed by atoms with E-state index in [4.69, 9.17) is 5.11 Å². The molecule has 126 valence electrons. The first-order valence-corrected chi connectivity index (χ1v) is 9.34. The van der Waals surface area contributed by atoms with Gasteiger partial charge in [-0.3, -0.25) is 4.79 Å². The first kappa shape index (κ1) is 16.4. The second-order valence-corrected chi connectivity index (χ2v) is 8.23. The minimum absolute atomic E-state index is 0.00975. The van der Waals surface area contributed by atoms with E-state index in [-0.39, 0.29) is 35.1 Å². The number of hydrogen-bond donors (Lipinski definition) is 3. The summed E-state index contributed by atoms with van der Waals surface area (Å²) in [5.41, 5.74) is 0. The van der Waals surface area contributed by atoms with Crippen molar-refractivity contribution in [2.45, 2.75) is 42.7 Å². The van der Waals surface area contributed by atoms with Crippen LogP contribution in [-0.2, 0) is 14.8 Å². The molecule has 23 heavy (non-hydrogen) atoms. The average molecular weight is 339 g/mol. The fourth-order valence-corrected chi connectivity index (χ4v) is 5.55. The highest BCUT2D eigenvalue weighted by molar-refractivity contribution is 7.89. The SMILES string of the molecule is O=C(O)CC[C@H]1[C@H]2C[C@H](C[C@@H]2O)[C@@H]1NS(=O)(=O)c1ccccc1. The summed E-state index contributed by atoms with van der Waals surface area (Å²) in [6, 6.07) is 7.87. The van der Waals surface area contributed by atoms with Crippen LogP contribution in [0.25, 0.3) is 0 Å². The average Bonchev–Trinajstić information content (AvgIpc) is 3.03. The molecule has 5 atom stereocenters. The van der Waals surface area contributed by atoms with E-state index in [1.54, 1.807) is 18.2 Å². The number of sulfonamides is 1. The smallest absolute Gasteiger partial charge is 0.303 e. The number of hydrogen-bond acceptors (Lipinski definition) is 4. The minimum Gasteiger partial charge on any atom is -0.481 e. The lowest BCUT2D eigenvalue weighted by Crippen LogP contribution is -2.46. The summed E-state index contributed by atoms with van der Waals surface area (Å²) >= 11 is 0. The zero-order chi connectivity index (χ0) is 16.6. The first-order chi connectivity index (χ1) is 10.9. The summed E-state index contributed by atoms with van der Waals surface area (Å²) < 4.78 is 27.8. The Morgan fingerprint density at radius 2 is 1.91 bits per heavy atom. The number of aliphatic hydroxyl groups is 1. The van der Waals surface area contributed by atoms with Crippen LogP contribution >= 0.6 is 0 Å². The third-order valence-electron chi connectivity index (χ3n) is 5.17. The van der Waals surface area contributed by atoms with Crippen molar-refractivity contribution in [2.24, 2.45) is 17.8 Å². The second-order valence-electron chi connectivity index (χ2n) is 6.52. The molecule has 2 saturated carbocycles. The maximum absolute atomic E-state index is 12.5. The molecule has 0 spiro atoms. The van der Waals surface area contributed by atoms with Gasteiger partial charge in [0.2, 0.25) is 10.0 Å². The summed E-state index contributed by atoms with van der Waals surface area (Å²) in [6.45, 7) is 0. The Bertz CT molecular complexity index is 675. The van der Waals surface area contributed by atoms with Gasteiger partial charge < -0.3 is 10.2 Å². The number of nitrogens with one attached hydrogen (secondary N) is 1. The minimum atomic E-state index is -3.63. The molecule has 0 radical (unpaired) electrons. The van der Waals surface area contributed by atoms with Crippen molar-refractivity contribution < 1.29 is 23.4 Å². The monoisotopic (exact) mass is 339 g/mol. The van der Waals surface area contributed by atoms with Gasteiger partial charge in [0.1, 0.15) is 0 Å². The van der Waals surface area contributed by atoms with E-state index in [0.29, 0.717) is 12.8 Å². The van der Waals surface area contributed by atoms with Crippen molar-refractivity contribution in [3.63, 3.8) is 0 Å². The standard InChI is InChI=1S/C16H21NO5S/c18-14-9-10-8-13(14)12(6-7-15(19)20)16(10)17-23(21,22)11-4-2-1-3-5-11/h1-5,10,12-14,16-18H,6-9H2,(H,19,20)/t10-,12+,13-,14+,16+/m1/s1. The largest absolute Gasteiger partial charge is 0.481 e. The number of carboxylic acids is 1. The van der Waals surface area contributed by atoms with E-state index < -0.39 is 22.1 Å². The zero-order valence-corrected chi connectivity index (χ0v) is 13.4. The third-order valence-corrected chi connectivity index (χ3v) is 6.64. The molecule has 7 heteroatoms. The van der Waals surface area contributed by atoms with Gasteiger partial charge in [-0.25, -0.2) is 13.1 Å². The van der Waals surface area contributed by atoms with Crippen LogP contribution in [-0.4, -0.2) is 36.7 Å². The second kappa shape index (κ2) is 6.22. The van der Waals surface area contributed by atoms with Gasteiger partial charge >= 0.3 is 5.97 Å². The Balaban J connectivity index is 1.79. The topological polar surface area (TPSA) is 104 Å². The van der Waals surface area contributed by atoms with E-state index >= 15 is 0 Å². The van der Waals surface area contributed by atoms with Gasteiger partial charge in [0, 0.05) is 12.5 Å². The molecule has 0 aromatic heterocycles. The third kappa shape index (κ3) is 3.27. The van der Waals surface area contributed by atoms with E-state index in [1.807, 2.05) is 0 Å². The summed E-state index contributed by atoms with van der Waals surface area (Å²) in [5, 5.41) is 19.0. The van der Waals surface area contributed by atoms with Gasteiger partial charge in [-0.05, 0) is 49.1 Å². The molecule has 0 saturated heterocycles. The van der Waals surface area contributed by atoms with E-state index in [9.17, 15) is 18.3 Å². The van der Waals surface area contributed by atoms with Gasteiger partial charge in [0.25, 0.3) is 0 Å². The lowest BCUT2D eigenvalue weighted by molar-refractivity contribution is -0.137. The molecule has 2 aliphatic carbocycles. The van der Waals surface area contributed by atoms with E-state index in [2.05, 4.69) is 4.72 Å². The Morgan fingerprint density at radius 3 is 2.57 bits per heavy atom. The van der Waals surface area contributed by atoms with Gasteiger partial charge in [0.05, 0.1) is 11.0 Å². The van der Waals surface area contributed by atoms with Crippen molar-refractivity contribution >= 4 is 16.0 Å². The normalized spacial score (nSPS) is 33.0. The van der Waals surface area contributed by atoms with E-state index in [0.717, 1.165) is 6.42 Å². The highest BCUT2D eigenvalue weighted by Gasteiger charge is 2.52. The number of carbonyl (C=O) groups is 1. The molecule has 6 nitrogen and oxygen atoms in total. The summed E-state index contributed by atoms with van der Waals surface area (Å²) in [6.07, 6.45) is 1.26. The highest BCUT2D eigenvalue weighted by Crippen LogP contribution is 2.50. The molecule has 0 heterocycles. The summed E-state index contributed by atoms with van der Waals surface area (Å²) in [4.78, 5) is 11.1. The van der Waals surface area contributed by atoms with Crippen LogP contribution in [0.1, 0.15) is 25.7 Å². The number of benzene rings is 1. The van der Waals surface area contributed by atoms with Crippen molar-refractivity contribution in [1.29, 1.82) is 0 Å². The van der Waals surface area contributed by atoms with Crippen molar-refractivity contribution in [2.75, 3.05) is 0 Å². The Labute approximate surface area is 135 Å². The predicted octanol–water partition coefficient (Wildman–Crippen LogP) is 1.22. The van der Waals surface area contributed by atoms with Crippen molar-refractivity contribution in [3.8, 4) is 0 Å². The number of aliphatic carboxylic acids is 1. The molecule has 2 fully saturated rings. The van der Waals surface area contributed by atoms with Gasteiger partial charge in [-0.2, -0.15) is 0 Å². The molecular formula is C16H21NO5S. The lowest BCUT2D eigenvalue weighted by Gasteiger charge is -2.34. The van der Waals surface area contributed by atoms with Gasteiger partial charge in [0.15, 0.2) is 0 Å². The molecule has 0 aliphatic heterocycles. The maximum Gasteiger partial charge on any atom is 0.303 e. The fraction of sp³-hybridized carbons (Fsp3) is 0.562. The van der Waals surface area contributed by atoms with Crippen molar-refractivity contribution in [3.05, 3.63) is 30.3 Å². The van der Waals surface area contributed by atoms with Crippen molar-refractivity contribution in [1.82, 2.24) is 4.72 Å². The molecule has 2 bridgehead atoms. The van der Waals surface area contributed by atoms with Crippen LogP contribution in [0.5, 0.6) is 0 Å². The molecule has 3 rings (SSSR count). The van der Waals surface area contributed by atoms with Crippen LogP contribution < -0.4 is 4.72 Å². The zero-order valence-electron chi connectivity index (χ0n) is 12.6. The predicted molar refractivity (Wildman–Crippen MR) is 83.1 cm³/mol. The molecule has 0 amide bonds. The molecule has 1 aromatic rings.